The monoisotopic (exact) mass is 683 g/mol. The fraction of sp³-hybridized carbons (Fsp3) is 0.771. The third-order valence-corrected chi connectivity index (χ3v) is 8.40. The number of carbonyl (C=O) groups is 8. The van der Waals surface area contributed by atoms with E-state index in [2.05, 4.69) is 5.32 Å². The molecule has 1 amide bonds. The van der Waals surface area contributed by atoms with Crippen LogP contribution in [0.1, 0.15) is 155 Å². The number of hydrogen-bond donors (Lipinski definition) is 5. The molecular formula is C35H57NO12. The summed E-state index contributed by atoms with van der Waals surface area (Å²) < 4.78 is 0. The molecular weight excluding hydrogens is 626 g/mol. The van der Waals surface area contributed by atoms with E-state index in [1.807, 2.05) is 0 Å². The van der Waals surface area contributed by atoms with E-state index in [9.17, 15) is 53.7 Å². The first-order valence-electron chi connectivity index (χ1n) is 17.4. The molecule has 0 unspecified atom stereocenters. The van der Waals surface area contributed by atoms with Crippen molar-refractivity contribution >= 4 is 47.1 Å². The Balaban J connectivity index is 4.25. The maximum Gasteiger partial charge on any atom is 0.326 e. The zero-order chi connectivity index (χ0) is 36.3. The number of Topliss-reactive ketones (excluding diaryl/α,β-unsaturated/α-hetero) is 3. The largest absolute Gasteiger partial charge is 0.481 e. The molecule has 3 atom stereocenters. The van der Waals surface area contributed by atoms with Crippen LogP contribution in [0.3, 0.4) is 0 Å². The molecule has 0 saturated carbocycles. The van der Waals surface area contributed by atoms with Gasteiger partial charge in [0, 0.05) is 44.9 Å². The van der Waals surface area contributed by atoms with Crippen LogP contribution in [0.5, 0.6) is 0 Å². The molecule has 0 radical (unpaired) electrons. The minimum absolute atomic E-state index is 0.00493. The predicted molar refractivity (Wildman–Crippen MR) is 176 cm³/mol. The highest BCUT2D eigenvalue weighted by atomic mass is 16.4. The highest BCUT2D eigenvalue weighted by molar-refractivity contribution is 5.87. The fourth-order valence-electron chi connectivity index (χ4n) is 5.43. The first-order chi connectivity index (χ1) is 22.7. The molecule has 0 aliphatic heterocycles. The van der Waals surface area contributed by atoms with Crippen molar-refractivity contribution in [3.05, 3.63) is 0 Å². The van der Waals surface area contributed by atoms with E-state index in [1.165, 1.54) is 26.2 Å². The van der Waals surface area contributed by atoms with Crippen molar-refractivity contribution < 1.29 is 58.8 Å². The number of ketones is 3. The second-order valence-electron chi connectivity index (χ2n) is 12.8. The lowest BCUT2D eigenvalue weighted by Gasteiger charge is -2.16. The Morgan fingerprint density at radius 1 is 0.458 bits per heavy atom. The Kier molecular flexibility index (Phi) is 25.3. The molecule has 0 aromatic carbocycles. The maximum absolute atomic E-state index is 12.4. The first-order valence-corrected chi connectivity index (χ1v) is 17.4. The number of carboxylic acid groups (broad SMARTS) is 4. The highest BCUT2D eigenvalue weighted by Gasteiger charge is 2.26. The minimum Gasteiger partial charge on any atom is -0.481 e. The van der Waals surface area contributed by atoms with Gasteiger partial charge in [-0.15, -0.1) is 0 Å². The number of hydrogen-bond acceptors (Lipinski definition) is 8. The van der Waals surface area contributed by atoms with Gasteiger partial charge in [-0.1, -0.05) is 70.6 Å². The zero-order valence-electron chi connectivity index (χ0n) is 28.6. The predicted octanol–water partition coefficient (Wildman–Crippen LogP) is 5.74. The topological polar surface area (TPSA) is 230 Å². The molecule has 0 bridgehead atoms. The lowest BCUT2D eigenvalue weighted by molar-refractivity contribution is -0.145. The van der Waals surface area contributed by atoms with E-state index in [0.29, 0.717) is 6.42 Å². The summed E-state index contributed by atoms with van der Waals surface area (Å²) >= 11 is 0. The van der Waals surface area contributed by atoms with Crippen LogP contribution in [-0.2, 0) is 38.4 Å². The van der Waals surface area contributed by atoms with E-state index in [-0.39, 0.29) is 75.8 Å². The number of amides is 1. The molecule has 0 fully saturated rings. The Bertz CT molecular complexity index is 1040. The average molecular weight is 684 g/mol. The Hall–Kier alpha value is -3.64. The number of nitrogens with one attached hydrogen (secondary N) is 1. The van der Waals surface area contributed by atoms with Gasteiger partial charge in [0.15, 0.2) is 0 Å². The van der Waals surface area contributed by atoms with Crippen molar-refractivity contribution in [1.82, 2.24) is 5.32 Å². The highest BCUT2D eigenvalue weighted by Crippen LogP contribution is 2.18. The second kappa shape index (κ2) is 27.3. The van der Waals surface area contributed by atoms with Crippen LogP contribution >= 0.6 is 0 Å². The first kappa shape index (κ1) is 44.4. The Morgan fingerprint density at radius 2 is 0.854 bits per heavy atom. The molecule has 274 valence electrons. The SMILES string of the molecule is CC(=O)CC[C@H](CC(=O)CC[C@H](NC(=O)CC[C@H](CC(=O)CCCCCCCCCCCCCCCC(=O)O)C(=O)O)C(=O)O)C(=O)O. The van der Waals surface area contributed by atoms with Crippen LogP contribution in [0.15, 0.2) is 0 Å². The number of unbranched alkanes of at least 4 members (excludes halogenated alkanes) is 12. The lowest BCUT2D eigenvalue weighted by atomic mass is 9.93. The summed E-state index contributed by atoms with van der Waals surface area (Å²) in [4.78, 5) is 93.4. The quantitative estimate of drug-likeness (QED) is 0.0521. The molecule has 0 rings (SSSR count). The molecule has 48 heavy (non-hydrogen) atoms. The molecule has 0 aromatic rings. The van der Waals surface area contributed by atoms with E-state index >= 15 is 0 Å². The lowest BCUT2D eigenvalue weighted by Crippen LogP contribution is -2.41. The van der Waals surface area contributed by atoms with Gasteiger partial charge in [-0.05, 0) is 39.0 Å². The van der Waals surface area contributed by atoms with Crippen LogP contribution in [0.2, 0.25) is 0 Å². The smallest absolute Gasteiger partial charge is 0.326 e. The van der Waals surface area contributed by atoms with Gasteiger partial charge in [0.25, 0.3) is 0 Å². The summed E-state index contributed by atoms with van der Waals surface area (Å²) in [5.74, 6) is -8.38. The molecule has 13 nitrogen and oxygen atoms in total. The van der Waals surface area contributed by atoms with Crippen LogP contribution in [0, 0.1) is 11.8 Å². The maximum atomic E-state index is 12.4. The molecule has 0 saturated heterocycles. The van der Waals surface area contributed by atoms with Crippen molar-refractivity contribution in [2.75, 3.05) is 0 Å². The van der Waals surface area contributed by atoms with Gasteiger partial charge in [0.05, 0.1) is 11.8 Å². The third-order valence-electron chi connectivity index (χ3n) is 8.40. The molecule has 0 spiro atoms. The summed E-state index contributed by atoms with van der Waals surface area (Å²) in [6.07, 6.45) is 12.2. The summed E-state index contributed by atoms with van der Waals surface area (Å²) in [5, 5.41) is 39.2. The fourth-order valence-corrected chi connectivity index (χ4v) is 5.43. The van der Waals surface area contributed by atoms with Gasteiger partial charge in [0.2, 0.25) is 5.91 Å². The molecule has 0 aliphatic carbocycles. The van der Waals surface area contributed by atoms with Crippen LogP contribution in [0.4, 0.5) is 0 Å². The van der Waals surface area contributed by atoms with Crippen molar-refractivity contribution in [3.63, 3.8) is 0 Å². The second-order valence-corrected chi connectivity index (χ2v) is 12.8. The van der Waals surface area contributed by atoms with E-state index < -0.39 is 53.4 Å². The summed E-state index contributed by atoms with van der Waals surface area (Å²) in [5.41, 5.74) is 0. The number of rotatable bonds is 33. The van der Waals surface area contributed by atoms with Gasteiger partial charge in [-0.3, -0.25) is 28.8 Å². The summed E-state index contributed by atoms with van der Waals surface area (Å²) in [6.45, 7) is 1.31. The van der Waals surface area contributed by atoms with Gasteiger partial charge in [-0.2, -0.15) is 0 Å². The minimum atomic E-state index is -1.43. The van der Waals surface area contributed by atoms with Crippen LogP contribution in [-0.4, -0.2) is 73.6 Å². The Morgan fingerprint density at radius 3 is 1.25 bits per heavy atom. The van der Waals surface area contributed by atoms with Gasteiger partial charge < -0.3 is 30.5 Å². The van der Waals surface area contributed by atoms with Crippen molar-refractivity contribution in [1.29, 1.82) is 0 Å². The summed E-state index contributed by atoms with van der Waals surface area (Å²) in [6, 6.07) is -1.43. The average Bonchev–Trinajstić information content (AvgIpc) is 3.00. The van der Waals surface area contributed by atoms with Crippen LogP contribution < -0.4 is 5.32 Å². The number of carboxylic acids is 4. The Labute approximate surface area is 283 Å². The zero-order valence-corrected chi connectivity index (χ0v) is 28.6. The van der Waals surface area contributed by atoms with E-state index in [0.717, 1.165) is 57.8 Å². The normalized spacial score (nSPS) is 12.9. The molecule has 0 heterocycles. The van der Waals surface area contributed by atoms with Crippen LogP contribution in [0.25, 0.3) is 0 Å². The van der Waals surface area contributed by atoms with Gasteiger partial charge in [0.1, 0.15) is 23.4 Å². The summed E-state index contributed by atoms with van der Waals surface area (Å²) in [7, 11) is 0. The third kappa shape index (κ3) is 25.4. The molecule has 13 heteroatoms. The van der Waals surface area contributed by atoms with Crippen molar-refractivity contribution in [2.45, 2.75) is 161 Å². The molecule has 0 aromatic heterocycles. The van der Waals surface area contributed by atoms with E-state index in [1.54, 1.807) is 0 Å². The number of carbonyl (C=O) groups excluding carboxylic acids is 4. The van der Waals surface area contributed by atoms with Gasteiger partial charge in [-0.25, -0.2) is 4.79 Å². The standard InChI is InChI=1S/C35H57NO12/c1-25(37)17-18-26(33(43)44)24-29(39)20-21-30(35(47)48)36-31(40)22-19-27(34(45)46)23-28(38)15-13-11-9-7-5-3-2-4-6-8-10-12-14-16-32(41)42/h26-27,30H,2-24H2,1H3,(H,36,40)(H,41,42)(H,43,44)(H,45,46)(H,47,48)/t26-,27-,30+/m1/s1. The number of aliphatic carboxylic acids is 4. The molecule has 0 aliphatic rings. The van der Waals surface area contributed by atoms with Gasteiger partial charge >= 0.3 is 23.9 Å². The van der Waals surface area contributed by atoms with E-state index in [4.69, 9.17) is 5.11 Å². The van der Waals surface area contributed by atoms with Crippen molar-refractivity contribution in [3.8, 4) is 0 Å². The van der Waals surface area contributed by atoms with Crippen molar-refractivity contribution in [2.24, 2.45) is 11.8 Å². The molecule has 5 N–H and O–H groups in total.